The molecule has 11 heteroatoms. The Morgan fingerprint density at radius 1 is 1.58 bits per heavy atom. The maximum Gasteiger partial charge on any atom is 0.426 e. The van der Waals surface area contributed by atoms with Gasteiger partial charge in [-0.05, 0) is 12.2 Å². The molecule has 2 aliphatic heterocycles. The predicted molar refractivity (Wildman–Crippen MR) is 93.0 cm³/mol. The lowest BCUT2D eigenvalue weighted by molar-refractivity contribution is -0.160. The summed E-state index contributed by atoms with van der Waals surface area (Å²) in [6.07, 6.45) is 1.51. The van der Waals surface area contributed by atoms with Crippen LogP contribution >= 0.6 is 34.4 Å². The molecule has 2 aliphatic rings. The molecule has 0 bridgehead atoms. The Kier molecular flexibility index (Phi) is 6.10. The van der Waals surface area contributed by atoms with Gasteiger partial charge in [0.2, 0.25) is 0 Å². The van der Waals surface area contributed by atoms with Gasteiger partial charge in [0.25, 0.3) is 11.8 Å². The molecule has 2 N–H and O–H groups in total. The number of alkyl halides is 1. The number of β-lactam (4-membered cyclic amide) rings is 1. The van der Waals surface area contributed by atoms with Crippen LogP contribution in [-0.4, -0.2) is 67.1 Å². The van der Waals surface area contributed by atoms with Crippen LogP contribution in [0.1, 0.15) is 0 Å². The van der Waals surface area contributed by atoms with Crippen molar-refractivity contribution in [1.82, 2.24) is 15.3 Å². The fourth-order valence-electron chi connectivity index (χ4n) is 2.24. The van der Waals surface area contributed by atoms with E-state index in [0.717, 1.165) is 16.0 Å². The molecule has 24 heavy (non-hydrogen) atoms. The van der Waals surface area contributed by atoms with E-state index < -0.39 is 35.3 Å². The van der Waals surface area contributed by atoms with Gasteiger partial charge in [-0.25, -0.2) is 20.0 Å². The average Bonchev–Trinajstić information content (AvgIpc) is 2.57. The minimum absolute atomic E-state index is 0.126. The van der Waals surface area contributed by atoms with Crippen LogP contribution in [0.25, 0.3) is 0 Å². The second-order valence-corrected chi connectivity index (χ2v) is 6.85. The number of thioether (sulfide) groups is 1. The molecular weight excluding hydrogens is 453 g/mol. The van der Waals surface area contributed by atoms with Gasteiger partial charge < -0.3 is 9.84 Å². The van der Waals surface area contributed by atoms with E-state index in [4.69, 9.17) is 9.84 Å². The first-order valence-corrected chi connectivity index (χ1v) is 9.33. The second-order valence-electron chi connectivity index (χ2n) is 4.62. The number of nitrogens with zero attached hydrogens (tertiary/aromatic N) is 2. The molecule has 0 saturated carbocycles. The summed E-state index contributed by atoms with van der Waals surface area (Å²) in [5, 5.41) is 9.38. The maximum atomic E-state index is 12.4. The number of amides is 3. The summed E-state index contributed by atoms with van der Waals surface area (Å²) < 4.78 is 5.41. The lowest BCUT2D eigenvalue weighted by Gasteiger charge is -2.51. The normalized spacial score (nSPS) is 21.8. The number of hydrazine groups is 1. The summed E-state index contributed by atoms with van der Waals surface area (Å²) in [4.78, 5) is 48.4. The number of halogens is 1. The molecule has 2 atom stereocenters. The van der Waals surface area contributed by atoms with Gasteiger partial charge in [-0.2, -0.15) is 0 Å². The summed E-state index contributed by atoms with van der Waals surface area (Å²) in [6, 6.07) is -1.02. The van der Waals surface area contributed by atoms with Crippen molar-refractivity contribution in [3.05, 3.63) is 24.4 Å². The third kappa shape index (κ3) is 3.50. The smallest absolute Gasteiger partial charge is 0.426 e. The number of carboxylic acids is 1. The first-order chi connectivity index (χ1) is 11.4. The van der Waals surface area contributed by atoms with Gasteiger partial charge in [0.05, 0.1) is 0 Å². The van der Waals surface area contributed by atoms with Crippen molar-refractivity contribution in [3.8, 4) is 0 Å². The molecule has 1 unspecified atom stereocenters. The summed E-state index contributed by atoms with van der Waals surface area (Å²) in [5.74, 6) is -2.12. The zero-order chi connectivity index (χ0) is 17.9. The molecule has 2 heterocycles. The summed E-state index contributed by atoms with van der Waals surface area (Å²) in [7, 11) is 0. The van der Waals surface area contributed by atoms with Crippen molar-refractivity contribution >= 4 is 58.2 Å². The quantitative estimate of drug-likeness (QED) is 0.197. The standard InChI is InChI=1S/C13H14IN3O6S/c1-2-8(18)17(15-13(22)23-5-4-14)9-10(19)16-7(12(20)21)3-6-24-11(9)16/h2-3,9,11H,1,4-6H2,(H,15,22)(H,20,21)/t9?,11-/m1/s1. The summed E-state index contributed by atoms with van der Waals surface area (Å²) in [5.41, 5.74) is 2.11. The first kappa shape index (κ1) is 18.6. The molecule has 1 fully saturated rings. The number of ether oxygens (including phenoxy) is 1. The van der Waals surface area contributed by atoms with E-state index in [0.29, 0.717) is 10.2 Å². The molecule has 0 aromatic heterocycles. The molecule has 0 radical (unpaired) electrons. The van der Waals surface area contributed by atoms with Crippen molar-refractivity contribution in [2.24, 2.45) is 0 Å². The fraction of sp³-hybridized carbons (Fsp3) is 0.385. The highest BCUT2D eigenvalue weighted by Crippen LogP contribution is 2.39. The van der Waals surface area contributed by atoms with Gasteiger partial charge in [-0.15, -0.1) is 11.8 Å². The fourth-order valence-corrected chi connectivity index (χ4v) is 3.70. The van der Waals surface area contributed by atoms with Crippen LogP contribution in [0.4, 0.5) is 4.79 Å². The van der Waals surface area contributed by atoms with Gasteiger partial charge >= 0.3 is 12.1 Å². The maximum absolute atomic E-state index is 12.4. The Hall–Kier alpha value is -1.76. The van der Waals surface area contributed by atoms with E-state index in [1.54, 1.807) is 0 Å². The average molecular weight is 467 g/mol. The molecule has 9 nitrogen and oxygen atoms in total. The molecule has 0 aromatic rings. The molecule has 0 spiro atoms. The number of carbonyl (C=O) groups excluding carboxylic acids is 3. The van der Waals surface area contributed by atoms with Gasteiger partial charge in [0.1, 0.15) is 17.7 Å². The third-order valence-electron chi connectivity index (χ3n) is 3.25. The molecule has 0 aliphatic carbocycles. The van der Waals surface area contributed by atoms with E-state index in [2.05, 4.69) is 12.0 Å². The molecule has 130 valence electrons. The third-order valence-corrected chi connectivity index (χ3v) is 4.86. The van der Waals surface area contributed by atoms with Gasteiger partial charge in [-0.1, -0.05) is 29.2 Å². The van der Waals surface area contributed by atoms with Crippen LogP contribution in [0.3, 0.4) is 0 Å². The number of rotatable bonds is 5. The SMILES string of the molecule is C=CC(=O)N(NC(=O)OCCI)C1C(=O)N2C(C(=O)O)=CCS[C@H]12. The highest BCUT2D eigenvalue weighted by atomic mass is 127. The zero-order valence-corrected chi connectivity index (χ0v) is 15.3. The number of fused-ring (bicyclic) bond motifs is 1. The molecule has 2 rings (SSSR count). The van der Waals surface area contributed by atoms with E-state index in [1.807, 2.05) is 22.6 Å². The lowest BCUT2D eigenvalue weighted by atomic mass is 10.0. The van der Waals surface area contributed by atoms with Crippen LogP contribution in [-0.2, 0) is 19.1 Å². The largest absolute Gasteiger partial charge is 0.477 e. The Bertz CT molecular complexity index is 625. The summed E-state index contributed by atoms with van der Waals surface area (Å²) >= 11 is 3.31. The van der Waals surface area contributed by atoms with Crippen molar-refractivity contribution in [1.29, 1.82) is 0 Å². The highest BCUT2D eigenvalue weighted by Gasteiger charge is 2.56. The molecular formula is C13H14IN3O6S. The van der Waals surface area contributed by atoms with Crippen molar-refractivity contribution in [3.63, 3.8) is 0 Å². The van der Waals surface area contributed by atoms with Crippen LogP contribution in [0, 0.1) is 0 Å². The monoisotopic (exact) mass is 467 g/mol. The summed E-state index contributed by atoms with van der Waals surface area (Å²) in [6.45, 7) is 3.49. The van der Waals surface area contributed by atoms with Crippen LogP contribution in [0.5, 0.6) is 0 Å². The number of carboxylic acid groups (broad SMARTS) is 1. The Balaban J connectivity index is 2.17. The minimum atomic E-state index is -1.22. The molecule has 0 aromatic carbocycles. The Morgan fingerprint density at radius 3 is 2.88 bits per heavy atom. The molecule has 1 saturated heterocycles. The van der Waals surface area contributed by atoms with Crippen LogP contribution in [0.2, 0.25) is 0 Å². The number of hydrogen-bond acceptors (Lipinski definition) is 6. The van der Waals surface area contributed by atoms with E-state index in [9.17, 15) is 19.2 Å². The Morgan fingerprint density at radius 2 is 2.29 bits per heavy atom. The van der Waals surface area contributed by atoms with E-state index >= 15 is 0 Å². The number of nitrogens with one attached hydrogen (secondary N) is 1. The van der Waals surface area contributed by atoms with Gasteiger partial charge in [0, 0.05) is 10.2 Å². The van der Waals surface area contributed by atoms with Gasteiger partial charge in [-0.3, -0.25) is 14.5 Å². The van der Waals surface area contributed by atoms with Crippen molar-refractivity contribution < 1.29 is 29.0 Å². The van der Waals surface area contributed by atoms with Crippen LogP contribution < -0.4 is 5.43 Å². The molecule has 3 amide bonds. The highest BCUT2D eigenvalue weighted by molar-refractivity contribution is 14.1. The number of aliphatic carboxylic acids is 1. The van der Waals surface area contributed by atoms with Crippen molar-refractivity contribution in [2.45, 2.75) is 11.4 Å². The predicted octanol–water partition coefficient (Wildman–Crippen LogP) is 0.329. The first-order valence-electron chi connectivity index (χ1n) is 6.75. The zero-order valence-electron chi connectivity index (χ0n) is 12.3. The topological polar surface area (TPSA) is 116 Å². The number of hydrogen-bond donors (Lipinski definition) is 2. The minimum Gasteiger partial charge on any atom is -0.477 e. The lowest BCUT2D eigenvalue weighted by Crippen LogP contribution is -2.73. The Labute approximate surface area is 155 Å². The van der Waals surface area contributed by atoms with Crippen LogP contribution in [0.15, 0.2) is 24.4 Å². The van der Waals surface area contributed by atoms with E-state index in [-0.39, 0.29) is 12.3 Å². The second kappa shape index (κ2) is 7.88. The number of carbonyl (C=O) groups is 4. The van der Waals surface area contributed by atoms with E-state index in [1.165, 1.54) is 17.8 Å². The van der Waals surface area contributed by atoms with Gasteiger partial charge in [0.15, 0.2) is 6.04 Å². The van der Waals surface area contributed by atoms with Crippen molar-refractivity contribution in [2.75, 3.05) is 16.8 Å².